The number of amides is 1. The minimum Gasteiger partial charge on any atom is -0.335 e. The Bertz CT molecular complexity index is 497. The molecule has 2 aliphatic heterocycles. The molecule has 2 bridgehead atoms. The van der Waals surface area contributed by atoms with Gasteiger partial charge in [-0.25, -0.2) is 0 Å². The van der Waals surface area contributed by atoms with Gasteiger partial charge >= 0.3 is 0 Å². The summed E-state index contributed by atoms with van der Waals surface area (Å²) in [4.78, 5) is 15.1. The molecule has 1 aromatic carbocycles. The Morgan fingerprint density at radius 1 is 1.23 bits per heavy atom. The highest BCUT2D eigenvalue weighted by molar-refractivity contribution is 5.78. The molecule has 3 unspecified atom stereocenters. The van der Waals surface area contributed by atoms with Crippen LogP contribution in [-0.4, -0.2) is 36.0 Å². The van der Waals surface area contributed by atoms with Crippen molar-refractivity contribution in [3.05, 3.63) is 35.4 Å². The molecule has 0 spiro atoms. The molecule has 3 nitrogen and oxygen atoms in total. The first-order chi connectivity index (χ1) is 10.7. The summed E-state index contributed by atoms with van der Waals surface area (Å²) < 4.78 is 0. The van der Waals surface area contributed by atoms with Crippen LogP contribution in [0.15, 0.2) is 24.3 Å². The Hall–Kier alpha value is -1.35. The van der Waals surface area contributed by atoms with Gasteiger partial charge in [0.05, 0.1) is 0 Å². The van der Waals surface area contributed by atoms with Crippen molar-refractivity contribution in [1.29, 1.82) is 0 Å². The highest BCUT2D eigenvalue weighted by Crippen LogP contribution is 2.31. The lowest BCUT2D eigenvalue weighted by Crippen LogP contribution is -2.43. The average Bonchev–Trinajstić information content (AvgIpc) is 2.79. The Kier molecular flexibility index (Phi) is 4.82. The van der Waals surface area contributed by atoms with Crippen molar-refractivity contribution >= 4 is 5.91 Å². The number of rotatable bonds is 4. The molecular weight excluding hydrogens is 272 g/mol. The van der Waals surface area contributed by atoms with E-state index in [2.05, 4.69) is 48.3 Å². The summed E-state index contributed by atoms with van der Waals surface area (Å²) in [6, 6.07) is 9.59. The first kappa shape index (κ1) is 15.5. The number of carbonyl (C=O) groups excluding carboxylic acids is 1. The number of fused-ring (bicyclic) bond motifs is 2. The normalized spacial score (nSPS) is 25.8. The zero-order valence-corrected chi connectivity index (χ0v) is 13.8. The lowest BCUT2D eigenvalue weighted by Gasteiger charge is -2.29. The predicted molar refractivity (Wildman–Crippen MR) is 90.0 cm³/mol. The van der Waals surface area contributed by atoms with Crippen LogP contribution in [0.25, 0.3) is 0 Å². The lowest BCUT2D eigenvalue weighted by atomic mass is 9.92. The van der Waals surface area contributed by atoms with E-state index in [4.69, 9.17) is 0 Å². The van der Waals surface area contributed by atoms with E-state index in [0.29, 0.717) is 30.3 Å². The monoisotopic (exact) mass is 300 g/mol. The van der Waals surface area contributed by atoms with Gasteiger partial charge in [0, 0.05) is 25.0 Å². The molecule has 0 saturated carbocycles. The number of nitrogens with zero attached hydrogens (tertiary/aromatic N) is 1. The van der Waals surface area contributed by atoms with Crippen LogP contribution in [0, 0.1) is 6.92 Å². The van der Waals surface area contributed by atoms with E-state index in [-0.39, 0.29) is 0 Å². The molecule has 3 atom stereocenters. The summed E-state index contributed by atoms with van der Waals surface area (Å²) in [5.41, 5.74) is 2.59. The van der Waals surface area contributed by atoms with Gasteiger partial charge < -0.3 is 10.2 Å². The van der Waals surface area contributed by atoms with Gasteiger partial charge in [-0.2, -0.15) is 0 Å². The summed E-state index contributed by atoms with van der Waals surface area (Å²) >= 11 is 0. The molecule has 2 fully saturated rings. The molecule has 2 heterocycles. The van der Waals surface area contributed by atoms with E-state index in [1.54, 1.807) is 0 Å². The third-order valence-electron chi connectivity index (χ3n) is 5.40. The molecule has 1 N–H and O–H groups in total. The first-order valence-corrected chi connectivity index (χ1v) is 8.77. The fraction of sp³-hybridized carbons (Fsp3) is 0.632. The van der Waals surface area contributed by atoms with Crippen molar-refractivity contribution in [2.75, 3.05) is 13.1 Å². The minimum absolute atomic E-state index is 0.351. The average molecular weight is 300 g/mol. The molecule has 1 amide bonds. The Balaban J connectivity index is 1.70. The number of hydrogen-bond acceptors (Lipinski definition) is 2. The second-order valence-electron chi connectivity index (χ2n) is 6.90. The van der Waals surface area contributed by atoms with Crippen LogP contribution in [0.1, 0.15) is 56.1 Å². The van der Waals surface area contributed by atoms with Crippen molar-refractivity contribution in [2.24, 2.45) is 0 Å². The van der Waals surface area contributed by atoms with Crippen molar-refractivity contribution in [1.82, 2.24) is 10.2 Å². The fourth-order valence-corrected chi connectivity index (χ4v) is 4.04. The molecular formula is C19H28N2O. The topological polar surface area (TPSA) is 32.3 Å². The maximum absolute atomic E-state index is 12.9. The molecule has 0 radical (unpaired) electrons. The van der Waals surface area contributed by atoms with Crippen LogP contribution in [0.5, 0.6) is 0 Å². The van der Waals surface area contributed by atoms with Crippen molar-refractivity contribution in [3.63, 3.8) is 0 Å². The van der Waals surface area contributed by atoms with Gasteiger partial charge in [0.2, 0.25) is 5.91 Å². The zero-order valence-electron chi connectivity index (χ0n) is 13.8. The van der Waals surface area contributed by atoms with Crippen molar-refractivity contribution < 1.29 is 4.79 Å². The molecule has 2 saturated heterocycles. The van der Waals surface area contributed by atoms with Gasteiger partial charge in [-0.05, 0) is 50.6 Å². The van der Waals surface area contributed by atoms with Crippen LogP contribution in [0.2, 0.25) is 0 Å². The van der Waals surface area contributed by atoms with Gasteiger partial charge in [-0.15, -0.1) is 0 Å². The molecule has 120 valence electrons. The molecule has 1 aromatic rings. The van der Waals surface area contributed by atoms with Crippen LogP contribution in [0.3, 0.4) is 0 Å². The van der Waals surface area contributed by atoms with Gasteiger partial charge in [0.25, 0.3) is 0 Å². The summed E-state index contributed by atoms with van der Waals surface area (Å²) in [7, 11) is 0. The van der Waals surface area contributed by atoms with E-state index in [1.165, 1.54) is 24.0 Å². The highest BCUT2D eigenvalue weighted by atomic mass is 16.2. The smallest absolute Gasteiger partial charge is 0.223 e. The largest absolute Gasteiger partial charge is 0.335 e. The van der Waals surface area contributed by atoms with E-state index < -0.39 is 0 Å². The Morgan fingerprint density at radius 3 is 2.68 bits per heavy atom. The summed E-state index contributed by atoms with van der Waals surface area (Å²) in [6.07, 6.45) is 5.16. The van der Waals surface area contributed by atoms with Crippen LogP contribution >= 0.6 is 0 Å². The molecule has 2 aliphatic rings. The third-order valence-corrected chi connectivity index (χ3v) is 5.40. The summed E-state index contributed by atoms with van der Waals surface area (Å²) in [6.45, 7) is 6.33. The van der Waals surface area contributed by atoms with Crippen molar-refractivity contribution in [2.45, 2.75) is 64.0 Å². The fourth-order valence-electron chi connectivity index (χ4n) is 4.04. The van der Waals surface area contributed by atoms with Crippen LogP contribution < -0.4 is 5.32 Å². The minimum atomic E-state index is 0.351. The molecule has 0 aliphatic carbocycles. The molecule has 3 heteroatoms. The Labute approximate surface area is 134 Å². The van der Waals surface area contributed by atoms with Crippen LogP contribution in [-0.2, 0) is 4.79 Å². The number of carbonyl (C=O) groups is 1. The number of hydrogen-bond donors (Lipinski definition) is 1. The standard InChI is InChI=1S/C19H28N2O/c1-3-15(16-6-4-14(2)5-7-16)12-19(22)21-17-8-9-18(21)13-20-11-10-17/h4-7,15,17-18,20H,3,8-13H2,1-2H3. The number of aryl methyl sites for hydroxylation is 1. The quantitative estimate of drug-likeness (QED) is 0.926. The summed E-state index contributed by atoms with van der Waals surface area (Å²) in [5.74, 6) is 0.715. The van der Waals surface area contributed by atoms with Gasteiger partial charge in [0.15, 0.2) is 0 Å². The number of benzene rings is 1. The maximum Gasteiger partial charge on any atom is 0.223 e. The third kappa shape index (κ3) is 3.19. The second kappa shape index (κ2) is 6.82. The second-order valence-corrected chi connectivity index (χ2v) is 6.90. The van der Waals surface area contributed by atoms with Gasteiger partial charge in [-0.3, -0.25) is 4.79 Å². The van der Waals surface area contributed by atoms with Gasteiger partial charge in [-0.1, -0.05) is 36.8 Å². The van der Waals surface area contributed by atoms with E-state index in [0.717, 1.165) is 25.9 Å². The van der Waals surface area contributed by atoms with Crippen molar-refractivity contribution in [3.8, 4) is 0 Å². The van der Waals surface area contributed by atoms with E-state index in [1.807, 2.05) is 0 Å². The lowest BCUT2D eigenvalue weighted by molar-refractivity contribution is -0.134. The molecule has 3 rings (SSSR count). The predicted octanol–water partition coefficient (Wildman–Crippen LogP) is 3.23. The van der Waals surface area contributed by atoms with Gasteiger partial charge in [0.1, 0.15) is 0 Å². The SMILES string of the molecule is CCC(CC(=O)N1C2CCNCC1CC2)c1ccc(C)cc1. The Morgan fingerprint density at radius 2 is 1.95 bits per heavy atom. The van der Waals surface area contributed by atoms with E-state index in [9.17, 15) is 4.79 Å². The number of nitrogens with one attached hydrogen (secondary N) is 1. The van der Waals surface area contributed by atoms with Crippen LogP contribution in [0.4, 0.5) is 0 Å². The zero-order chi connectivity index (χ0) is 15.5. The maximum atomic E-state index is 12.9. The van der Waals surface area contributed by atoms with E-state index >= 15 is 0 Å². The highest BCUT2D eigenvalue weighted by Gasteiger charge is 2.38. The molecule has 0 aromatic heterocycles. The summed E-state index contributed by atoms with van der Waals surface area (Å²) in [5, 5.41) is 3.47. The first-order valence-electron chi connectivity index (χ1n) is 8.77. The molecule has 22 heavy (non-hydrogen) atoms.